The van der Waals surface area contributed by atoms with Gasteiger partial charge in [-0.25, -0.2) is 9.18 Å². The normalized spacial score (nSPS) is 10.3. The van der Waals surface area contributed by atoms with Crippen molar-refractivity contribution in [1.29, 1.82) is 0 Å². The summed E-state index contributed by atoms with van der Waals surface area (Å²) in [7, 11) is 0. The first-order valence-electron chi connectivity index (χ1n) is 5.01. The van der Waals surface area contributed by atoms with E-state index in [9.17, 15) is 14.0 Å². The van der Waals surface area contributed by atoms with Crippen molar-refractivity contribution in [1.82, 2.24) is 4.98 Å². The molecule has 0 saturated carbocycles. The molecule has 0 fully saturated rings. The Morgan fingerprint density at radius 3 is 2.56 bits per heavy atom. The lowest BCUT2D eigenvalue weighted by molar-refractivity contribution is 0.0696. The molecule has 1 aromatic heterocycles. The molecule has 1 aromatic carbocycles. The van der Waals surface area contributed by atoms with Gasteiger partial charge in [0.25, 0.3) is 5.56 Å². The van der Waals surface area contributed by atoms with Crippen molar-refractivity contribution >= 4 is 11.8 Å². The lowest BCUT2D eigenvalue weighted by Gasteiger charge is -2.07. The molecule has 1 heterocycles. The van der Waals surface area contributed by atoms with E-state index in [1.807, 2.05) is 0 Å². The number of carboxylic acids is 1. The Kier molecular flexibility index (Phi) is 2.85. The number of hydrogen-bond acceptors (Lipinski definition) is 3. The molecule has 0 radical (unpaired) electrons. The van der Waals surface area contributed by atoms with Gasteiger partial charge in [0.1, 0.15) is 17.2 Å². The highest BCUT2D eigenvalue weighted by molar-refractivity contribution is 5.96. The monoisotopic (exact) mass is 248 g/mol. The summed E-state index contributed by atoms with van der Waals surface area (Å²) in [5, 5.41) is 9.01. The molecule has 0 aliphatic carbocycles. The first-order valence-corrected chi connectivity index (χ1v) is 5.01. The molecule has 6 heteroatoms. The standard InChI is InChI=1S/C12H9FN2O3/c13-8-4-2-1-3-6(8)7-5-9(14)15-11(16)10(7)12(17)18/h1-5H,(H,17,18)(H3,14,15,16). The van der Waals surface area contributed by atoms with Gasteiger partial charge in [-0.05, 0) is 12.1 Å². The zero-order valence-corrected chi connectivity index (χ0v) is 9.11. The number of carboxylic acid groups (broad SMARTS) is 1. The van der Waals surface area contributed by atoms with Crippen LogP contribution in [0.25, 0.3) is 11.1 Å². The first kappa shape index (κ1) is 11.8. The Labute approximate surface area is 101 Å². The highest BCUT2D eigenvalue weighted by atomic mass is 19.1. The van der Waals surface area contributed by atoms with E-state index in [0.717, 1.165) is 0 Å². The number of rotatable bonds is 2. The number of aromatic amines is 1. The van der Waals surface area contributed by atoms with Gasteiger partial charge in [-0.3, -0.25) is 4.79 Å². The molecule has 0 aliphatic rings. The average Bonchev–Trinajstić information content (AvgIpc) is 2.27. The molecule has 0 spiro atoms. The Hall–Kier alpha value is -2.63. The number of nitrogens with two attached hydrogens (primary N) is 1. The second kappa shape index (κ2) is 4.33. The van der Waals surface area contributed by atoms with Crippen LogP contribution >= 0.6 is 0 Å². The lowest BCUT2D eigenvalue weighted by Crippen LogP contribution is -2.20. The molecule has 0 unspecified atom stereocenters. The summed E-state index contributed by atoms with van der Waals surface area (Å²) in [5.74, 6) is -2.08. The molecule has 0 atom stereocenters. The molecule has 92 valence electrons. The van der Waals surface area contributed by atoms with E-state index in [-0.39, 0.29) is 16.9 Å². The first-order chi connectivity index (χ1) is 8.50. The smallest absolute Gasteiger partial charge is 0.341 e. The number of H-pyrrole nitrogens is 1. The van der Waals surface area contributed by atoms with Crippen molar-refractivity contribution in [3.8, 4) is 11.1 Å². The summed E-state index contributed by atoms with van der Waals surface area (Å²) in [4.78, 5) is 24.8. The number of hydrogen-bond donors (Lipinski definition) is 3. The highest BCUT2D eigenvalue weighted by Crippen LogP contribution is 2.25. The fourth-order valence-electron chi connectivity index (χ4n) is 1.68. The van der Waals surface area contributed by atoms with Gasteiger partial charge in [-0.15, -0.1) is 0 Å². The van der Waals surface area contributed by atoms with Crippen LogP contribution in [0.5, 0.6) is 0 Å². The number of nitrogens with one attached hydrogen (secondary N) is 1. The van der Waals surface area contributed by atoms with Crippen LogP contribution in [0.2, 0.25) is 0 Å². The maximum absolute atomic E-state index is 13.6. The maximum Gasteiger partial charge on any atom is 0.341 e. The van der Waals surface area contributed by atoms with E-state index >= 15 is 0 Å². The largest absolute Gasteiger partial charge is 0.477 e. The summed E-state index contributed by atoms with van der Waals surface area (Å²) in [5.41, 5.74) is 4.03. The number of halogens is 1. The van der Waals surface area contributed by atoms with E-state index < -0.39 is 22.9 Å². The van der Waals surface area contributed by atoms with Crippen molar-refractivity contribution in [3.05, 3.63) is 52.1 Å². The minimum atomic E-state index is -1.44. The molecular formula is C12H9FN2O3. The van der Waals surface area contributed by atoms with Gasteiger partial charge in [0.2, 0.25) is 0 Å². The Morgan fingerprint density at radius 1 is 1.28 bits per heavy atom. The third-order valence-corrected chi connectivity index (χ3v) is 2.43. The lowest BCUT2D eigenvalue weighted by atomic mass is 10.0. The SMILES string of the molecule is Nc1cc(-c2ccccc2F)c(C(=O)O)c(=O)[nH]1. The molecule has 5 nitrogen and oxygen atoms in total. The third-order valence-electron chi connectivity index (χ3n) is 2.43. The van der Waals surface area contributed by atoms with Gasteiger partial charge in [-0.1, -0.05) is 18.2 Å². The van der Waals surface area contributed by atoms with Crippen LogP contribution < -0.4 is 11.3 Å². The number of anilines is 1. The molecule has 18 heavy (non-hydrogen) atoms. The molecule has 0 aliphatic heterocycles. The maximum atomic E-state index is 13.6. The van der Waals surface area contributed by atoms with Crippen molar-refractivity contribution in [2.45, 2.75) is 0 Å². The minimum Gasteiger partial charge on any atom is -0.477 e. The summed E-state index contributed by atoms with van der Waals surface area (Å²) >= 11 is 0. The van der Waals surface area contributed by atoms with Gasteiger partial charge in [-0.2, -0.15) is 0 Å². The molecular weight excluding hydrogens is 239 g/mol. The van der Waals surface area contributed by atoms with Gasteiger partial charge in [0.05, 0.1) is 0 Å². The van der Waals surface area contributed by atoms with Gasteiger partial charge >= 0.3 is 5.97 Å². The van der Waals surface area contributed by atoms with Gasteiger partial charge in [0, 0.05) is 11.1 Å². The second-order valence-electron chi connectivity index (χ2n) is 3.63. The fourth-order valence-corrected chi connectivity index (χ4v) is 1.68. The summed E-state index contributed by atoms with van der Waals surface area (Å²) in [6.07, 6.45) is 0. The van der Waals surface area contributed by atoms with Crippen molar-refractivity contribution in [2.75, 3.05) is 5.73 Å². The van der Waals surface area contributed by atoms with E-state index in [0.29, 0.717) is 0 Å². The van der Waals surface area contributed by atoms with E-state index in [1.165, 1.54) is 24.3 Å². The van der Waals surface area contributed by atoms with Crippen molar-refractivity contribution < 1.29 is 14.3 Å². The van der Waals surface area contributed by atoms with Crippen LogP contribution in [0.1, 0.15) is 10.4 Å². The van der Waals surface area contributed by atoms with Crippen LogP contribution in [0, 0.1) is 5.82 Å². The number of aromatic carboxylic acids is 1. The molecule has 2 rings (SSSR count). The predicted molar refractivity (Wildman–Crippen MR) is 63.8 cm³/mol. The number of pyridine rings is 1. The van der Waals surface area contributed by atoms with E-state index in [4.69, 9.17) is 10.8 Å². The Morgan fingerprint density at radius 2 is 1.94 bits per heavy atom. The Bertz CT molecular complexity index is 679. The summed E-state index contributed by atoms with van der Waals surface area (Å²) in [6.45, 7) is 0. The molecule has 4 N–H and O–H groups in total. The van der Waals surface area contributed by atoms with Crippen LogP contribution in [-0.4, -0.2) is 16.1 Å². The summed E-state index contributed by atoms with van der Waals surface area (Å²) < 4.78 is 13.6. The highest BCUT2D eigenvalue weighted by Gasteiger charge is 2.19. The van der Waals surface area contributed by atoms with E-state index in [1.54, 1.807) is 6.07 Å². The zero-order valence-electron chi connectivity index (χ0n) is 9.11. The third kappa shape index (κ3) is 1.95. The van der Waals surface area contributed by atoms with Gasteiger partial charge in [0.15, 0.2) is 0 Å². The Balaban J connectivity index is 2.83. The van der Waals surface area contributed by atoms with Crippen LogP contribution in [0.3, 0.4) is 0 Å². The number of benzene rings is 1. The van der Waals surface area contributed by atoms with Crippen molar-refractivity contribution in [2.24, 2.45) is 0 Å². The van der Waals surface area contributed by atoms with Gasteiger partial charge < -0.3 is 15.8 Å². The predicted octanol–water partition coefficient (Wildman–Crippen LogP) is 1.46. The molecule has 2 aromatic rings. The molecule has 0 bridgehead atoms. The van der Waals surface area contributed by atoms with Crippen LogP contribution in [0.15, 0.2) is 35.1 Å². The van der Waals surface area contributed by atoms with Crippen LogP contribution in [0.4, 0.5) is 10.2 Å². The minimum absolute atomic E-state index is 0.0210. The second-order valence-corrected chi connectivity index (χ2v) is 3.63. The number of aromatic nitrogens is 1. The molecule has 0 amide bonds. The van der Waals surface area contributed by atoms with Crippen LogP contribution in [-0.2, 0) is 0 Å². The quantitative estimate of drug-likeness (QED) is 0.749. The number of nitrogen functional groups attached to an aromatic ring is 1. The van der Waals surface area contributed by atoms with E-state index in [2.05, 4.69) is 4.98 Å². The number of carbonyl (C=O) groups is 1. The topological polar surface area (TPSA) is 96.2 Å². The zero-order chi connectivity index (χ0) is 13.3. The fraction of sp³-hybridized carbons (Fsp3) is 0. The van der Waals surface area contributed by atoms with Crippen molar-refractivity contribution in [3.63, 3.8) is 0 Å². The average molecular weight is 248 g/mol. The molecule has 0 saturated heterocycles. The summed E-state index contributed by atoms with van der Waals surface area (Å²) in [6, 6.07) is 6.80.